The largest absolute Gasteiger partial charge is 0.331 e. The maximum atomic E-state index is 12.3. The number of tetrazole rings is 1. The molecule has 1 aromatic heterocycles. The second-order valence-electron chi connectivity index (χ2n) is 7.14. The van der Waals surface area contributed by atoms with Gasteiger partial charge in [0.25, 0.3) is 0 Å². The molecule has 1 aromatic carbocycles. The van der Waals surface area contributed by atoms with Crippen LogP contribution in [0.15, 0.2) is 24.3 Å². The first-order valence-electron chi connectivity index (χ1n) is 8.28. The zero-order valence-corrected chi connectivity index (χ0v) is 14.4. The Morgan fingerprint density at radius 1 is 1.38 bits per heavy atom. The van der Waals surface area contributed by atoms with E-state index in [1.165, 1.54) is 15.9 Å². The molecular weight excluding hydrogens is 304 g/mol. The zero-order chi connectivity index (χ0) is 17.2. The first-order chi connectivity index (χ1) is 11.4. The Balaban J connectivity index is 1.68. The van der Waals surface area contributed by atoms with Crippen molar-refractivity contribution in [3.63, 3.8) is 0 Å². The molecule has 1 heterocycles. The van der Waals surface area contributed by atoms with Gasteiger partial charge in [0, 0.05) is 0 Å². The van der Waals surface area contributed by atoms with Gasteiger partial charge in [-0.2, -0.15) is 4.80 Å². The van der Waals surface area contributed by atoms with E-state index in [1.54, 1.807) is 7.05 Å². The molecule has 2 N–H and O–H groups in total. The highest BCUT2D eigenvalue weighted by Gasteiger charge is 2.30. The van der Waals surface area contributed by atoms with Crippen molar-refractivity contribution in [1.82, 2.24) is 30.8 Å². The van der Waals surface area contributed by atoms with Crippen LogP contribution in [0.5, 0.6) is 0 Å². The van der Waals surface area contributed by atoms with Crippen LogP contribution in [0, 0.1) is 5.41 Å². The molecule has 0 bridgehead atoms. The third-order valence-electron chi connectivity index (χ3n) is 4.52. The molecular formula is C17H24N6O. The highest BCUT2D eigenvalue weighted by Crippen LogP contribution is 2.39. The van der Waals surface area contributed by atoms with Gasteiger partial charge in [0.1, 0.15) is 0 Å². The molecule has 2 aromatic rings. The minimum Gasteiger partial charge on any atom is -0.331 e. The Morgan fingerprint density at radius 3 is 2.92 bits per heavy atom. The second-order valence-corrected chi connectivity index (χ2v) is 7.14. The number of nitrogens with one attached hydrogen (secondary N) is 2. The summed E-state index contributed by atoms with van der Waals surface area (Å²) in [5, 5.41) is 17.6. The molecule has 0 radical (unpaired) electrons. The van der Waals surface area contributed by atoms with Gasteiger partial charge in [0.2, 0.25) is 0 Å². The van der Waals surface area contributed by atoms with Crippen LogP contribution in [-0.2, 0) is 20.0 Å². The molecule has 0 saturated heterocycles. The molecule has 0 spiro atoms. The highest BCUT2D eigenvalue weighted by molar-refractivity contribution is 5.74. The lowest BCUT2D eigenvalue weighted by atomic mass is 9.83. The zero-order valence-electron chi connectivity index (χ0n) is 14.4. The van der Waals surface area contributed by atoms with E-state index in [0.717, 1.165) is 19.3 Å². The molecule has 1 atom stereocenters. The molecule has 0 saturated carbocycles. The van der Waals surface area contributed by atoms with E-state index in [1.807, 2.05) is 6.07 Å². The van der Waals surface area contributed by atoms with E-state index in [-0.39, 0.29) is 24.0 Å². The van der Waals surface area contributed by atoms with E-state index < -0.39 is 0 Å². The van der Waals surface area contributed by atoms with Crippen molar-refractivity contribution in [3.05, 3.63) is 41.2 Å². The number of nitrogens with zero attached hydrogens (tertiary/aromatic N) is 4. The molecule has 0 aliphatic heterocycles. The Kier molecular flexibility index (Phi) is 4.51. The SMILES string of the molecule is Cn1nnc(CNC(=O)N[C@@H]2CC(C)(C)CCc3ccccc32)n1. The molecule has 7 nitrogen and oxygen atoms in total. The smallest absolute Gasteiger partial charge is 0.315 e. The number of urea groups is 1. The fourth-order valence-corrected chi connectivity index (χ4v) is 3.23. The number of aromatic nitrogens is 4. The van der Waals surface area contributed by atoms with Gasteiger partial charge in [-0.25, -0.2) is 4.79 Å². The quantitative estimate of drug-likeness (QED) is 0.845. The lowest BCUT2D eigenvalue weighted by Crippen LogP contribution is -2.39. The summed E-state index contributed by atoms with van der Waals surface area (Å²) in [6.07, 6.45) is 3.08. The summed E-state index contributed by atoms with van der Waals surface area (Å²) in [7, 11) is 1.70. The van der Waals surface area contributed by atoms with Crippen LogP contribution in [0.1, 0.15) is 49.7 Å². The lowest BCUT2D eigenvalue weighted by molar-refractivity contribution is 0.226. The van der Waals surface area contributed by atoms with Crippen LogP contribution in [0.2, 0.25) is 0 Å². The summed E-state index contributed by atoms with van der Waals surface area (Å²) in [6.45, 7) is 4.78. The molecule has 1 aliphatic carbocycles. The molecule has 7 heteroatoms. The van der Waals surface area contributed by atoms with Crippen LogP contribution in [-0.4, -0.2) is 26.2 Å². The number of aryl methyl sites for hydroxylation is 2. The lowest BCUT2D eigenvalue weighted by Gasteiger charge is -2.27. The number of amides is 2. The number of fused-ring (bicyclic) bond motifs is 1. The van der Waals surface area contributed by atoms with Crippen molar-refractivity contribution < 1.29 is 4.79 Å². The summed E-state index contributed by atoms with van der Waals surface area (Å²) in [5.41, 5.74) is 2.73. The van der Waals surface area contributed by atoms with Crippen LogP contribution in [0.4, 0.5) is 4.79 Å². The first-order valence-corrected chi connectivity index (χ1v) is 8.28. The summed E-state index contributed by atoms with van der Waals surface area (Å²) in [4.78, 5) is 13.7. The molecule has 0 unspecified atom stereocenters. The molecule has 2 amide bonds. The minimum atomic E-state index is -0.208. The van der Waals surface area contributed by atoms with Gasteiger partial charge < -0.3 is 10.6 Å². The second kappa shape index (κ2) is 6.59. The Bertz CT molecular complexity index is 723. The van der Waals surface area contributed by atoms with Crippen LogP contribution in [0.3, 0.4) is 0 Å². The number of hydrogen-bond acceptors (Lipinski definition) is 4. The maximum absolute atomic E-state index is 12.3. The molecule has 0 fully saturated rings. The monoisotopic (exact) mass is 328 g/mol. The Morgan fingerprint density at radius 2 is 2.17 bits per heavy atom. The highest BCUT2D eigenvalue weighted by atomic mass is 16.2. The molecule has 3 rings (SSSR count). The van der Waals surface area contributed by atoms with E-state index in [9.17, 15) is 4.79 Å². The Hall–Kier alpha value is -2.44. The third kappa shape index (κ3) is 3.90. The van der Waals surface area contributed by atoms with Gasteiger partial charge in [-0.05, 0) is 41.0 Å². The van der Waals surface area contributed by atoms with Crippen molar-refractivity contribution in [3.8, 4) is 0 Å². The summed E-state index contributed by atoms with van der Waals surface area (Å²) < 4.78 is 0. The van der Waals surface area contributed by atoms with Gasteiger partial charge in [-0.1, -0.05) is 38.1 Å². The van der Waals surface area contributed by atoms with Gasteiger partial charge in [-0.3, -0.25) is 0 Å². The average Bonchev–Trinajstić information content (AvgIpc) is 2.90. The van der Waals surface area contributed by atoms with Gasteiger partial charge >= 0.3 is 6.03 Å². The van der Waals surface area contributed by atoms with Crippen molar-refractivity contribution in [1.29, 1.82) is 0 Å². The fourth-order valence-electron chi connectivity index (χ4n) is 3.23. The summed E-state index contributed by atoms with van der Waals surface area (Å²) in [6, 6.07) is 8.17. The van der Waals surface area contributed by atoms with E-state index in [4.69, 9.17) is 0 Å². The van der Waals surface area contributed by atoms with Crippen LogP contribution in [0.25, 0.3) is 0 Å². The summed E-state index contributed by atoms with van der Waals surface area (Å²) in [5.74, 6) is 0.495. The van der Waals surface area contributed by atoms with Crippen molar-refractivity contribution in [2.75, 3.05) is 0 Å². The minimum absolute atomic E-state index is 0.00789. The fraction of sp³-hybridized carbons (Fsp3) is 0.529. The van der Waals surface area contributed by atoms with Gasteiger partial charge in [0.15, 0.2) is 5.82 Å². The number of hydrogen-bond donors (Lipinski definition) is 2. The number of rotatable bonds is 3. The standard InChI is InChI=1S/C17H24N6O/c1-17(2)9-8-12-6-4-5-7-13(12)14(10-17)19-16(24)18-11-15-20-22-23(3)21-15/h4-7,14H,8-11H2,1-3H3,(H2,18,19,24)/t14-/m1/s1. The van der Waals surface area contributed by atoms with Crippen molar-refractivity contribution >= 4 is 6.03 Å². The Labute approximate surface area is 141 Å². The molecule has 128 valence electrons. The topological polar surface area (TPSA) is 84.7 Å². The summed E-state index contributed by atoms with van der Waals surface area (Å²) >= 11 is 0. The van der Waals surface area contributed by atoms with Gasteiger partial charge in [0.05, 0.1) is 19.6 Å². The van der Waals surface area contributed by atoms with E-state index >= 15 is 0 Å². The third-order valence-corrected chi connectivity index (χ3v) is 4.52. The van der Waals surface area contributed by atoms with E-state index in [2.05, 4.69) is 58.1 Å². The maximum Gasteiger partial charge on any atom is 0.315 e. The van der Waals surface area contributed by atoms with E-state index in [0.29, 0.717) is 5.82 Å². The average molecular weight is 328 g/mol. The normalized spacial score (nSPS) is 19.2. The van der Waals surface area contributed by atoms with Crippen LogP contribution < -0.4 is 10.6 Å². The number of carbonyl (C=O) groups is 1. The predicted molar refractivity (Wildman–Crippen MR) is 90.1 cm³/mol. The predicted octanol–water partition coefficient (Wildman–Crippen LogP) is 2.11. The van der Waals surface area contributed by atoms with Gasteiger partial charge in [-0.15, -0.1) is 10.2 Å². The number of carbonyl (C=O) groups excluding carboxylic acids is 1. The molecule has 24 heavy (non-hydrogen) atoms. The molecule has 1 aliphatic rings. The van der Waals surface area contributed by atoms with Crippen molar-refractivity contribution in [2.45, 2.75) is 45.7 Å². The number of benzene rings is 1. The van der Waals surface area contributed by atoms with Crippen molar-refractivity contribution in [2.24, 2.45) is 12.5 Å². The first kappa shape index (κ1) is 16.4. The van der Waals surface area contributed by atoms with Crippen LogP contribution >= 0.6 is 0 Å².